The van der Waals surface area contributed by atoms with Gasteiger partial charge in [-0.3, -0.25) is 9.48 Å². The van der Waals surface area contributed by atoms with Crippen molar-refractivity contribution in [3.63, 3.8) is 0 Å². The molecule has 0 fully saturated rings. The van der Waals surface area contributed by atoms with E-state index in [0.29, 0.717) is 17.4 Å². The van der Waals surface area contributed by atoms with Crippen molar-refractivity contribution in [3.8, 4) is 0 Å². The highest BCUT2D eigenvalue weighted by Crippen LogP contribution is 2.22. The van der Waals surface area contributed by atoms with E-state index in [0.717, 1.165) is 30.6 Å². The monoisotopic (exact) mass is 266 g/mol. The molecule has 0 radical (unpaired) electrons. The third-order valence-electron chi connectivity index (χ3n) is 2.87. The van der Waals surface area contributed by atoms with Gasteiger partial charge in [0.05, 0.1) is 23.0 Å². The highest BCUT2D eigenvalue weighted by Gasteiger charge is 2.15. The Morgan fingerprint density at radius 3 is 2.83 bits per heavy atom. The van der Waals surface area contributed by atoms with Crippen molar-refractivity contribution in [1.29, 1.82) is 0 Å². The summed E-state index contributed by atoms with van der Waals surface area (Å²) in [6, 6.07) is 0. The van der Waals surface area contributed by atoms with Crippen molar-refractivity contribution in [1.82, 2.24) is 19.3 Å². The van der Waals surface area contributed by atoms with Crippen LogP contribution in [0, 0.1) is 0 Å². The molecule has 0 saturated heterocycles. The molecule has 0 aliphatic heterocycles. The molecule has 2 rings (SSSR count). The van der Waals surface area contributed by atoms with Gasteiger partial charge in [-0.05, 0) is 13.3 Å². The van der Waals surface area contributed by atoms with Gasteiger partial charge in [-0.25, -0.2) is 4.98 Å². The van der Waals surface area contributed by atoms with Crippen LogP contribution in [-0.2, 0) is 19.5 Å². The predicted octanol–water partition coefficient (Wildman–Crippen LogP) is 2.18. The fraction of sp³-hybridized carbons (Fsp3) is 0.417. The lowest BCUT2D eigenvalue weighted by atomic mass is 10.3. The van der Waals surface area contributed by atoms with Crippen molar-refractivity contribution in [2.75, 3.05) is 0 Å². The number of imidazole rings is 1. The number of hydrogen-bond donors (Lipinski definition) is 0. The standard InChI is InChI=1S/C12H15ClN4O/c1-3-9-12(13)10(17(4-2)15-9)7-16-6-5-14-11(16)8-18/h5-6,8H,3-4,7H2,1-2H3. The molecular formula is C12H15ClN4O. The quantitative estimate of drug-likeness (QED) is 0.780. The zero-order valence-electron chi connectivity index (χ0n) is 10.4. The van der Waals surface area contributed by atoms with Crippen LogP contribution >= 0.6 is 11.6 Å². The normalized spacial score (nSPS) is 10.8. The first-order valence-electron chi connectivity index (χ1n) is 5.91. The molecule has 0 spiro atoms. The number of aldehydes is 1. The Balaban J connectivity index is 2.39. The highest BCUT2D eigenvalue weighted by atomic mass is 35.5. The van der Waals surface area contributed by atoms with E-state index in [1.54, 1.807) is 17.0 Å². The minimum absolute atomic E-state index is 0.396. The van der Waals surface area contributed by atoms with Crippen LogP contribution in [0.25, 0.3) is 0 Å². The van der Waals surface area contributed by atoms with Gasteiger partial charge in [-0.2, -0.15) is 5.10 Å². The maximum absolute atomic E-state index is 10.8. The second kappa shape index (κ2) is 5.35. The summed E-state index contributed by atoms with van der Waals surface area (Å²) in [6.07, 6.45) is 4.90. The summed E-state index contributed by atoms with van der Waals surface area (Å²) in [7, 11) is 0. The Labute approximate surface area is 110 Å². The largest absolute Gasteiger partial charge is 0.323 e. The molecule has 2 aromatic rings. The molecule has 0 N–H and O–H groups in total. The number of aryl methyl sites for hydroxylation is 2. The first-order chi connectivity index (χ1) is 8.71. The van der Waals surface area contributed by atoms with Gasteiger partial charge in [0.2, 0.25) is 0 Å². The molecule has 0 bridgehead atoms. The Morgan fingerprint density at radius 1 is 1.44 bits per heavy atom. The molecule has 0 aromatic carbocycles. The van der Waals surface area contributed by atoms with Gasteiger partial charge >= 0.3 is 0 Å². The van der Waals surface area contributed by atoms with E-state index >= 15 is 0 Å². The van der Waals surface area contributed by atoms with Crippen LogP contribution in [-0.4, -0.2) is 25.6 Å². The Hall–Kier alpha value is -1.62. The maximum Gasteiger partial charge on any atom is 0.185 e. The second-order valence-corrected chi connectivity index (χ2v) is 4.29. The molecule has 5 nitrogen and oxygen atoms in total. The van der Waals surface area contributed by atoms with E-state index in [2.05, 4.69) is 10.1 Å². The molecule has 0 aliphatic rings. The molecule has 0 aliphatic carbocycles. The highest BCUT2D eigenvalue weighted by molar-refractivity contribution is 6.31. The minimum atomic E-state index is 0.396. The first-order valence-corrected chi connectivity index (χ1v) is 6.29. The van der Waals surface area contributed by atoms with Crippen LogP contribution in [0.2, 0.25) is 5.02 Å². The number of halogens is 1. The topological polar surface area (TPSA) is 52.7 Å². The summed E-state index contributed by atoms with van der Waals surface area (Å²) >= 11 is 6.32. The van der Waals surface area contributed by atoms with Crippen LogP contribution in [0.4, 0.5) is 0 Å². The number of hydrogen-bond acceptors (Lipinski definition) is 3. The van der Waals surface area contributed by atoms with E-state index < -0.39 is 0 Å². The lowest BCUT2D eigenvalue weighted by molar-refractivity contribution is 0.111. The van der Waals surface area contributed by atoms with Gasteiger partial charge in [0.1, 0.15) is 0 Å². The molecule has 0 unspecified atom stereocenters. The van der Waals surface area contributed by atoms with E-state index in [1.165, 1.54) is 0 Å². The first kappa shape index (κ1) is 12.8. The van der Waals surface area contributed by atoms with Gasteiger partial charge in [-0.1, -0.05) is 18.5 Å². The summed E-state index contributed by atoms with van der Waals surface area (Å²) in [5.74, 6) is 0.396. The zero-order chi connectivity index (χ0) is 13.1. The SMILES string of the molecule is CCc1nn(CC)c(Cn2ccnc2C=O)c1Cl. The fourth-order valence-electron chi connectivity index (χ4n) is 1.90. The van der Waals surface area contributed by atoms with Gasteiger partial charge in [-0.15, -0.1) is 0 Å². The lowest BCUT2D eigenvalue weighted by Crippen LogP contribution is -2.10. The van der Waals surface area contributed by atoms with Gasteiger partial charge < -0.3 is 4.57 Å². The predicted molar refractivity (Wildman–Crippen MR) is 69.0 cm³/mol. The van der Waals surface area contributed by atoms with Crippen molar-refractivity contribution in [3.05, 3.63) is 34.6 Å². The van der Waals surface area contributed by atoms with Crippen LogP contribution in [0.1, 0.15) is 35.9 Å². The van der Waals surface area contributed by atoms with Crippen LogP contribution in [0.5, 0.6) is 0 Å². The smallest absolute Gasteiger partial charge is 0.185 e. The minimum Gasteiger partial charge on any atom is -0.323 e. The summed E-state index contributed by atoms with van der Waals surface area (Å²) in [6.45, 7) is 5.29. The van der Waals surface area contributed by atoms with Crippen molar-refractivity contribution in [2.45, 2.75) is 33.4 Å². The Morgan fingerprint density at radius 2 is 2.22 bits per heavy atom. The Kier molecular flexibility index (Phi) is 3.81. The molecule has 2 heterocycles. The molecule has 96 valence electrons. The van der Waals surface area contributed by atoms with E-state index in [-0.39, 0.29) is 0 Å². The van der Waals surface area contributed by atoms with Crippen molar-refractivity contribution < 1.29 is 4.79 Å². The molecule has 0 amide bonds. The Bertz CT molecular complexity index is 558. The molecule has 0 atom stereocenters. The fourth-order valence-corrected chi connectivity index (χ4v) is 2.23. The average Bonchev–Trinajstić information content (AvgIpc) is 2.95. The van der Waals surface area contributed by atoms with Crippen LogP contribution in [0.3, 0.4) is 0 Å². The van der Waals surface area contributed by atoms with Crippen LogP contribution < -0.4 is 0 Å². The summed E-state index contributed by atoms with van der Waals surface area (Å²) < 4.78 is 3.64. The zero-order valence-corrected chi connectivity index (χ0v) is 11.2. The second-order valence-electron chi connectivity index (χ2n) is 3.91. The molecule has 18 heavy (non-hydrogen) atoms. The van der Waals surface area contributed by atoms with E-state index in [9.17, 15) is 4.79 Å². The van der Waals surface area contributed by atoms with Gasteiger partial charge in [0.15, 0.2) is 12.1 Å². The molecular weight excluding hydrogens is 252 g/mol. The maximum atomic E-state index is 10.8. The van der Waals surface area contributed by atoms with E-state index in [4.69, 9.17) is 11.6 Å². The van der Waals surface area contributed by atoms with Crippen molar-refractivity contribution >= 4 is 17.9 Å². The third-order valence-corrected chi connectivity index (χ3v) is 3.30. The number of carbonyl (C=O) groups is 1. The molecule has 2 aromatic heterocycles. The number of carbonyl (C=O) groups excluding carboxylic acids is 1. The van der Waals surface area contributed by atoms with Gasteiger partial charge in [0, 0.05) is 18.9 Å². The molecule has 0 saturated carbocycles. The van der Waals surface area contributed by atoms with Crippen molar-refractivity contribution in [2.24, 2.45) is 0 Å². The average molecular weight is 267 g/mol. The van der Waals surface area contributed by atoms with Gasteiger partial charge in [0.25, 0.3) is 0 Å². The summed E-state index contributed by atoms with van der Waals surface area (Å²) in [5, 5.41) is 5.13. The molecule has 6 heteroatoms. The number of rotatable bonds is 5. The number of aromatic nitrogens is 4. The van der Waals surface area contributed by atoms with Crippen LogP contribution in [0.15, 0.2) is 12.4 Å². The number of nitrogens with zero attached hydrogens (tertiary/aromatic N) is 4. The lowest BCUT2D eigenvalue weighted by Gasteiger charge is -2.07. The van der Waals surface area contributed by atoms with E-state index in [1.807, 2.05) is 18.5 Å². The summed E-state index contributed by atoms with van der Waals surface area (Å²) in [4.78, 5) is 14.8. The third kappa shape index (κ3) is 2.18. The summed E-state index contributed by atoms with van der Waals surface area (Å²) in [5.41, 5.74) is 1.80.